The largest absolute Gasteiger partial charge is 0.381 e. The van der Waals surface area contributed by atoms with Crippen molar-refractivity contribution in [2.24, 2.45) is 0 Å². The van der Waals surface area contributed by atoms with Gasteiger partial charge in [-0.3, -0.25) is 4.79 Å². The Kier molecular flexibility index (Phi) is 4.18. The van der Waals surface area contributed by atoms with Gasteiger partial charge in [0.15, 0.2) is 0 Å². The summed E-state index contributed by atoms with van der Waals surface area (Å²) in [5.74, 6) is 0.284. The van der Waals surface area contributed by atoms with Gasteiger partial charge in [0.05, 0.1) is 0 Å². The Morgan fingerprint density at radius 1 is 1.38 bits per heavy atom. The third-order valence-corrected chi connectivity index (χ3v) is 3.72. The molecule has 0 spiro atoms. The Bertz CT molecular complexity index is 233. The predicted molar refractivity (Wildman–Crippen MR) is 62.3 cm³/mol. The highest BCUT2D eigenvalue weighted by Crippen LogP contribution is 2.16. The van der Waals surface area contributed by atoms with Gasteiger partial charge in [-0.25, -0.2) is 0 Å². The van der Waals surface area contributed by atoms with E-state index in [9.17, 15) is 4.79 Å². The van der Waals surface area contributed by atoms with E-state index in [0.29, 0.717) is 18.5 Å². The molecule has 0 aromatic rings. The second-order valence-corrected chi connectivity index (χ2v) is 4.85. The van der Waals surface area contributed by atoms with Crippen LogP contribution in [0.3, 0.4) is 0 Å². The van der Waals surface area contributed by atoms with Gasteiger partial charge in [-0.1, -0.05) is 0 Å². The highest BCUT2D eigenvalue weighted by molar-refractivity contribution is 5.76. The van der Waals surface area contributed by atoms with Gasteiger partial charge in [0.25, 0.3) is 0 Å². The van der Waals surface area contributed by atoms with E-state index in [4.69, 9.17) is 4.74 Å². The minimum absolute atomic E-state index is 0.284. The van der Waals surface area contributed by atoms with Crippen molar-refractivity contribution in [3.05, 3.63) is 0 Å². The fourth-order valence-electron chi connectivity index (χ4n) is 2.56. The molecule has 4 nitrogen and oxygen atoms in total. The molecule has 2 fully saturated rings. The van der Waals surface area contributed by atoms with Crippen molar-refractivity contribution in [1.82, 2.24) is 10.2 Å². The molecule has 0 bridgehead atoms. The van der Waals surface area contributed by atoms with Crippen molar-refractivity contribution < 1.29 is 9.53 Å². The Morgan fingerprint density at radius 3 is 2.75 bits per heavy atom. The predicted octanol–water partition coefficient (Wildman–Crippen LogP) is 0.766. The first kappa shape index (κ1) is 11.9. The van der Waals surface area contributed by atoms with Gasteiger partial charge in [0, 0.05) is 38.8 Å². The summed E-state index contributed by atoms with van der Waals surface area (Å²) in [6.45, 7) is 2.66. The van der Waals surface area contributed by atoms with E-state index in [1.165, 1.54) is 6.42 Å². The van der Waals surface area contributed by atoms with Crippen molar-refractivity contribution >= 4 is 5.91 Å². The Labute approximate surface area is 97.3 Å². The fraction of sp³-hybridized carbons (Fsp3) is 0.917. The molecular weight excluding hydrogens is 204 g/mol. The molecule has 0 radical (unpaired) electrons. The van der Waals surface area contributed by atoms with Crippen LogP contribution in [0.5, 0.6) is 0 Å². The third kappa shape index (κ3) is 2.95. The molecule has 1 atom stereocenters. The second kappa shape index (κ2) is 5.64. The smallest absolute Gasteiger partial charge is 0.224 e. The molecule has 1 unspecified atom stereocenters. The van der Waals surface area contributed by atoms with Crippen LogP contribution >= 0.6 is 0 Å². The van der Waals surface area contributed by atoms with E-state index in [0.717, 1.165) is 39.0 Å². The van der Waals surface area contributed by atoms with Crippen molar-refractivity contribution in [3.8, 4) is 0 Å². The average molecular weight is 226 g/mol. The summed E-state index contributed by atoms with van der Waals surface area (Å²) in [5, 5.41) is 3.37. The van der Waals surface area contributed by atoms with Crippen molar-refractivity contribution in [2.75, 3.05) is 26.8 Å². The zero-order valence-electron chi connectivity index (χ0n) is 10.1. The van der Waals surface area contributed by atoms with E-state index in [-0.39, 0.29) is 5.91 Å². The number of nitrogens with one attached hydrogen (secondary N) is 1. The van der Waals surface area contributed by atoms with Crippen LogP contribution in [0.2, 0.25) is 0 Å². The molecule has 0 aromatic heterocycles. The maximum atomic E-state index is 12.0. The van der Waals surface area contributed by atoms with Crippen LogP contribution in [0.25, 0.3) is 0 Å². The zero-order chi connectivity index (χ0) is 11.4. The molecular formula is C12H22N2O2. The van der Waals surface area contributed by atoms with Crippen LogP contribution < -0.4 is 5.32 Å². The molecule has 2 heterocycles. The first-order chi connectivity index (χ1) is 7.77. The molecule has 2 aliphatic rings. The van der Waals surface area contributed by atoms with Gasteiger partial charge in [-0.15, -0.1) is 0 Å². The molecule has 0 saturated carbocycles. The fourth-order valence-corrected chi connectivity index (χ4v) is 2.56. The van der Waals surface area contributed by atoms with Gasteiger partial charge >= 0.3 is 0 Å². The molecule has 4 heteroatoms. The minimum Gasteiger partial charge on any atom is -0.381 e. The summed E-state index contributed by atoms with van der Waals surface area (Å²) in [4.78, 5) is 14.0. The molecule has 1 amide bonds. The molecule has 2 rings (SSSR count). The van der Waals surface area contributed by atoms with Crippen molar-refractivity contribution in [2.45, 2.75) is 44.2 Å². The van der Waals surface area contributed by atoms with E-state index >= 15 is 0 Å². The standard InChI is InChI=1S/C12H22N2O2/c1-14(11-4-7-16-8-5-11)12(15)9-10-3-2-6-13-10/h10-11,13H,2-9H2,1H3. The van der Waals surface area contributed by atoms with Crippen LogP contribution in [0.15, 0.2) is 0 Å². The van der Waals surface area contributed by atoms with Crippen LogP contribution in [-0.4, -0.2) is 49.7 Å². The van der Waals surface area contributed by atoms with E-state index in [1.54, 1.807) is 0 Å². The van der Waals surface area contributed by atoms with Gasteiger partial charge in [-0.2, -0.15) is 0 Å². The molecule has 2 saturated heterocycles. The summed E-state index contributed by atoms with van der Waals surface area (Å²) < 4.78 is 5.31. The molecule has 0 aromatic carbocycles. The lowest BCUT2D eigenvalue weighted by atomic mass is 10.1. The number of ether oxygens (including phenoxy) is 1. The zero-order valence-corrected chi connectivity index (χ0v) is 10.1. The topological polar surface area (TPSA) is 41.6 Å². The van der Waals surface area contributed by atoms with Gasteiger partial charge in [0.2, 0.25) is 5.91 Å². The van der Waals surface area contributed by atoms with Crippen LogP contribution in [0.4, 0.5) is 0 Å². The summed E-state index contributed by atoms with van der Waals surface area (Å²) in [7, 11) is 1.94. The Morgan fingerprint density at radius 2 is 2.12 bits per heavy atom. The summed E-state index contributed by atoms with van der Waals surface area (Å²) in [5.41, 5.74) is 0. The van der Waals surface area contributed by atoms with E-state index in [1.807, 2.05) is 11.9 Å². The number of nitrogens with zero attached hydrogens (tertiary/aromatic N) is 1. The minimum atomic E-state index is 0.284. The monoisotopic (exact) mass is 226 g/mol. The molecule has 2 aliphatic heterocycles. The summed E-state index contributed by atoms with van der Waals surface area (Å²) in [6.07, 6.45) is 4.99. The van der Waals surface area contributed by atoms with Crippen molar-refractivity contribution in [1.29, 1.82) is 0 Å². The first-order valence-electron chi connectivity index (χ1n) is 6.34. The summed E-state index contributed by atoms with van der Waals surface area (Å²) in [6, 6.07) is 0.803. The van der Waals surface area contributed by atoms with Gasteiger partial charge < -0.3 is 15.0 Å². The number of amides is 1. The maximum Gasteiger partial charge on any atom is 0.224 e. The number of carbonyl (C=O) groups is 1. The molecule has 92 valence electrons. The Balaban J connectivity index is 1.78. The third-order valence-electron chi connectivity index (χ3n) is 3.72. The number of hydrogen-bond donors (Lipinski definition) is 1. The normalized spacial score (nSPS) is 26.9. The number of hydrogen-bond acceptors (Lipinski definition) is 3. The SMILES string of the molecule is CN(C(=O)CC1CCCN1)C1CCOCC1. The lowest BCUT2D eigenvalue weighted by Crippen LogP contribution is -2.42. The maximum absolute atomic E-state index is 12.0. The lowest BCUT2D eigenvalue weighted by Gasteiger charge is -2.31. The van der Waals surface area contributed by atoms with E-state index in [2.05, 4.69) is 5.32 Å². The van der Waals surface area contributed by atoms with Gasteiger partial charge in [-0.05, 0) is 32.2 Å². The Hall–Kier alpha value is -0.610. The number of rotatable bonds is 3. The molecule has 0 aliphatic carbocycles. The average Bonchev–Trinajstić information content (AvgIpc) is 2.82. The summed E-state index contributed by atoms with van der Waals surface area (Å²) >= 11 is 0. The molecule has 1 N–H and O–H groups in total. The van der Waals surface area contributed by atoms with Crippen LogP contribution in [0, 0.1) is 0 Å². The highest BCUT2D eigenvalue weighted by atomic mass is 16.5. The first-order valence-corrected chi connectivity index (χ1v) is 6.34. The second-order valence-electron chi connectivity index (χ2n) is 4.85. The number of carbonyl (C=O) groups excluding carboxylic acids is 1. The molecule has 16 heavy (non-hydrogen) atoms. The van der Waals surface area contributed by atoms with Crippen molar-refractivity contribution in [3.63, 3.8) is 0 Å². The highest BCUT2D eigenvalue weighted by Gasteiger charge is 2.25. The quantitative estimate of drug-likeness (QED) is 0.772. The van der Waals surface area contributed by atoms with Crippen LogP contribution in [-0.2, 0) is 9.53 Å². The van der Waals surface area contributed by atoms with Gasteiger partial charge in [0.1, 0.15) is 0 Å². The lowest BCUT2D eigenvalue weighted by molar-refractivity contribution is -0.134. The van der Waals surface area contributed by atoms with E-state index < -0.39 is 0 Å². The van der Waals surface area contributed by atoms with Crippen LogP contribution in [0.1, 0.15) is 32.1 Å².